The van der Waals surface area contributed by atoms with Crippen molar-refractivity contribution in [3.05, 3.63) is 71.8 Å². The monoisotopic (exact) mass is 811 g/mol. The molecule has 2 saturated heterocycles. The van der Waals surface area contributed by atoms with Crippen LogP contribution in [0.15, 0.2) is 60.7 Å². The highest BCUT2D eigenvalue weighted by atomic mass is 32.1. The average Bonchev–Trinajstić information content (AvgIpc) is 3.62. The highest BCUT2D eigenvalue weighted by molar-refractivity contribution is 7.59. The number of carbonyl (C=O) groups is 2. The Morgan fingerprint density at radius 1 is 0.554 bits per heavy atom. The Labute approximate surface area is 352 Å². The second-order valence-electron chi connectivity index (χ2n) is 15.4. The topological polar surface area (TPSA) is 119 Å². The maximum atomic E-state index is 12.9. The van der Waals surface area contributed by atoms with E-state index in [0.29, 0.717) is 38.1 Å². The molecule has 0 bridgehead atoms. The summed E-state index contributed by atoms with van der Waals surface area (Å²) in [6, 6.07) is 21.4. The quantitative estimate of drug-likeness (QED) is 0.0706. The third kappa shape index (κ3) is 17.0. The normalized spacial score (nSPS) is 16.5. The Morgan fingerprint density at radius 2 is 0.911 bits per heavy atom. The summed E-state index contributed by atoms with van der Waals surface area (Å²) in [6.07, 6.45) is 17.4. The van der Waals surface area contributed by atoms with Crippen molar-refractivity contribution in [2.75, 3.05) is 52.4 Å². The molecule has 10 nitrogen and oxygen atoms in total. The van der Waals surface area contributed by atoms with Gasteiger partial charge in [0.15, 0.2) is 11.9 Å². The van der Waals surface area contributed by atoms with Crippen molar-refractivity contribution < 1.29 is 9.59 Å². The van der Waals surface area contributed by atoms with Crippen molar-refractivity contribution in [3.63, 3.8) is 0 Å². The minimum atomic E-state index is -0.00255. The van der Waals surface area contributed by atoms with E-state index in [-0.39, 0.29) is 64.0 Å². The molecule has 2 atom stereocenters. The van der Waals surface area contributed by atoms with Crippen molar-refractivity contribution in [2.45, 2.75) is 129 Å². The van der Waals surface area contributed by atoms with Crippen molar-refractivity contribution >= 4 is 50.7 Å². The molecule has 2 heterocycles. The summed E-state index contributed by atoms with van der Waals surface area (Å²) in [5.74, 6) is 0.970. The van der Waals surface area contributed by atoms with Crippen LogP contribution >= 0.6 is 27.0 Å². The number of hydrogen-bond acceptors (Lipinski definition) is 4. The van der Waals surface area contributed by atoms with Crippen LogP contribution in [-0.4, -0.2) is 108 Å². The van der Waals surface area contributed by atoms with Crippen LogP contribution in [0.2, 0.25) is 0 Å². The fourth-order valence-corrected chi connectivity index (χ4v) is 7.85. The number of benzene rings is 2. The van der Waals surface area contributed by atoms with E-state index in [4.69, 9.17) is 10.8 Å². The largest absolute Gasteiger partial charge is 0.355 e. The van der Waals surface area contributed by atoms with Gasteiger partial charge in [0.05, 0.1) is 25.2 Å². The Kier molecular flexibility index (Phi) is 24.5. The summed E-state index contributed by atoms with van der Waals surface area (Å²) in [4.78, 5) is 34.0. The van der Waals surface area contributed by atoms with E-state index < -0.39 is 0 Å². The first kappa shape index (κ1) is 48.8. The van der Waals surface area contributed by atoms with Gasteiger partial charge in [0.2, 0.25) is 11.8 Å². The molecular weight excluding hydrogens is 737 g/mol. The number of nitrogens with one attached hydrogen (secondary N) is 4. The lowest BCUT2D eigenvalue weighted by atomic mass is 10.1. The van der Waals surface area contributed by atoms with Gasteiger partial charge in [-0.25, -0.2) is 0 Å². The van der Waals surface area contributed by atoms with Gasteiger partial charge < -0.3 is 30.2 Å². The second kappa shape index (κ2) is 28.1. The number of unbranched alkanes of at least 4 members (excludes halogenated alkanes) is 11. The Bertz CT molecular complexity index is 1300. The first-order valence-corrected chi connectivity index (χ1v) is 21.2. The molecule has 56 heavy (non-hydrogen) atoms. The Morgan fingerprint density at radius 3 is 1.29 bits per heavy atom. The van der Waals surface area contributed by atoms with Gasteiger partial charge in [0, 0.05) is 39.3 Å². The lowest BCUT2D eigenvalue weighted by Crippen LogP contribution is -2.41. The van der Waals surface area contributed by atoms with E-state index in [2.05, 4.69) is 82.8 Å². The molecule has 314 valence electrons. The van der Waals surface area contributed by atoms with Gasteiger partial charge in [0.25, 0.3) is 0 Å². The molecule has 2 aliphatic heterocycles. The lowest BCUT2D eigenvalue weighted by molar-refractivity contribution is -0.122. The van der Waals surface area contributed by atoms with Crippen LogP contribution in [0.5, 0.6) is 0 Å². The molecule has 0 aromatic heterocycles. The molecular formula is C44H74N8O2S2. The Balaban J connectivity index is 0.00000541. The van der Waals surface area contributed by atoms with Gasteiger partial charge in [-0.3, -0.25) is 20.4 Å². The molecule has 0 spiro atoms. The molecule has 2 aliphatic rings. The fourth-order valence-electron chi connectivity index (χ4n) is 7.85. The molecule has 0 radical (unpaired) electrons. The zero-order chi connectivity index (χ0) is 38.4. The smallest absolute Gasteiger partial charge is 0.239 e. The van der Waals surface area contributed by atoms with Crippen molar-refractivity contribution in [2.24, 2.45) is 0 Å². The molecule has 0 aliphatic carbocycles. The van der Waals surface area contributed by atoms with Gasteiger partial charge in [-0.15, -0.1) is 0 Å². The van der Waals surface area contributed by atoms with Crippen LogP contribution in [0, 0.1) is 10.8 Å². The maximum Gasteiger partial charge on any atom is 0.239 e. The standard InChI is InChI=1S/C44H70N8O2.2H2S/c1-3-5-7-21-29-51-39(31-37-23-15-13-16-24-37)33-49(43(51)45)35-41(53)47-27-19-11-9-10-12-20-28-48-42(54)36-50-34-40(32-38-25-17-14-18-26-38)52(44(50)46)30-22-8-6-4-2;;/h13-18,23-26,39-40,45-46H,3-12,19-22,27-36H2,1-2H3,(H,47,53)(H,48,54);2*1H2/t39-,40-;;/m0../s1. The summed E-state index contributed by atoms with van der Waals surface area (Å²) >= 11 is 0. The average molecular weight is 811 g/mol. The van der Waals surface area contributed by atoms with E-state index >= 15 is 0 Å². The van der Waals surface area contributed by atoms with E-state index in [0.717, 1.165) is 77.3 Å². The van der Waals surface area contributed by atoms with E-state index in [1.165, 1.54) is 49.7 Å². The van der Waals surface area contributed by atoms with Gasteiger partial charge in [-0.2, -0.15) is 27.0 Å². The van der Waals surface area contributed by atoms with Gasteiger partial charge >= 0.3 is 0 Å². The van der Waals surface area contributed by atoms with Gasteiger partial charge in [-0.05, 0) is 49.7 Å². The van der Waals surface area contributed by atoms with Crippen molar-refractivity contribution in [1.29, 1.82) is 10.8 Å². The van der Waals surface area contributed by atoms with Crippen molar-refractivity contribution in [3.8, 4) is 0 Å². The molecule has 2 fully saturated rings. The summed E-state index contributed by atoms with van der Waals surface area (Å²) in [5, 5.41) is 23.9. The van der Waals surface area contributed by atoms with Crippen molar-refractivity contribution in [1.82, 2.24) is 30.2 Å². The number of amides is 2. The van der Waals surface area contributed by atoms with Crippen LogP contribution in [0.25, 0.3) is 0 Å². The van der Waals surface area contributed by atoms with E-state index in [9.17, 15) is 9.59 Å². The molecule has 0 unspecified atom stereocenters. The van der Waals surface area contributed by atoms with Crippen LogP contribution in [-0.2, 0) is 22.4 Å². The number of carbonyl (C=O) groups excluding carboxylic acids is 2. The Hall–Kier alpha value is -3.38. The highest BCUT2D eigenvalue weighted by Crippen LogP contribution is 2.22. The van der Waals surface area contributed by atoms with E-state index in [1.807, 2.05) is 21.9 Å². The minimum absolute atomic E-state index is 0. The number of guanidine groups is 2. The zero-order valence-corrected chi connectivity index (χ0v) is 36.5. The first-order chi connectivity index (χ1) is 26.4. The summed E-state index contributed by atoms with van der Waals surface area (Å²) < 4.78 is 0. The second-order valence-corrected chi connectivity index (χ2v) is 15.4. The number of hydrogen-bond donors (Lipinski definition) is 4. The molecule has 2 aromatic rings. The summed E-state index contributed by atoms with van der Waals surface area (Å²) in [6.45, 7) is 9.42. The predicted octanol–water partition coefficient (Wildman–Crippen LogP) is 7.27. The predicted molar refractivity (Wildman–Crippen MR) is 243 cm³/mol. The number of rotatable bonds is 27. The van der Waals surface area contributed by atoms with Gasteiger partial charge in [-0.1, -0.05) is 139 Å². The van der Waals surface area contributed by atoms with Gasteiger partial charge in [0.1, 0.15) is 0 Å². The molecule has 2 aromatic carbocycles. The molecule has 4 N–H and O–H groups in total. The molecule has 0 saturated carbocycles. The van der Waals surface area contributed by atoms with Crippen LogP contribution in [0.4, 0.5) is 0 Å². The fraction of sp³-hybridized carbons (Fsp3) is 0.636. The lowest BCUT2D eigenvalue weighted by Gasteiger charge is -2.25. The molecule has 2 amide bonds. The maximum absolute atomic E-state index is 12.9. The van der Waals surface area contributed by atoms with Crippen LogP contribution < -0.4 is 10.6 Å². The van der Waals surface area contributed by atoms with Crippen LogP contribution in [0.3, 0.4) is 0 Å². The molecule has 12 heteroatoms. The summed E-state index contributed by atoms with van der Waals surface area (Å²) in [5.41, 5.74) is 2.55. The first-order valence-electron chi connectivity index (χ1n) is 21.2. The molecule has 4 rings (SSSR count). The van der Waals surface area contributed by atoms with Crippen LogP contribution in [0.1, 0.15) is 115 Å². The minimum Gasteiger partial charge on any atom is -0.355 e. The summed E-state index contributed by atoms with van der Waals surface area (Å²) in [7, 11) is 0. The number of nitrogens with zero attached hydrogens (tertiary/aromatic N) is 4. The third-order valence-corrected chi connectivity index (χ3v) is 10.9. The zero-order valence-electron chi connectivity index (χ0n) is 34.5. The SMILES string of the molecule is CCCCCCN1C(=N)N(CC(=O)NCCCCCCCCNC(=O)CN2C[C@H](Cc3ccccc3)N(CCCCCC)C2=N)C[C@@H]1Cc1ccccc1.S.S. The van der Waals surface area contributed by atoms with E-state index in [1.54, 1.807) is 0 Å². The third-order valence-electron chi connectivity index (χ3n) is 10.9. The highest BCUT2D eigenvalue weighted by Gasteiger charge is 2.36.